The van der Waals surface area contributed by atoms with Crippen molar-refractivity contribution in [2.45, 2.75) is 12.7 Å². The minimum Gasteiger partial charge on any atom is -0.457 e. The van der Waals surface area contributed by atoms with Crippen LogP contribution in [-0.4, -0.2) is 15.6 Å². The van der Waals surface area contributed by atoms with Crippen LogP contribution >= 0.6 is 0 Å². The van der Waals surface area contributed by atoms with Crippen molar-refractivity contribution in [1.82, 2.24) is 14.9 Å². The molecule has 4 rings (SSSR count). The Hall–Kier alpha value is -4.34. The van der Waals surface area contributed by atoms with Crippen LogP contribution in [0.4, 0.5) is 23.7 Å². The zero-order valence-corrected chi connectivity index (χ0v) is 17.9. The molecule has 0 saturated carbocycles. The van der Waals surface area contributed by atoms with Gasteiger partial charge in [0.05, 0.1) is 11.1 Å². The Bertz CT molecular complexity index is 1390. The molecule has 2 amide bonds. The molecule has 4 aromatic rings. The first-order valence-electron chi connectivity index (χ1n) is 10.1. The second-order valence-corrected chi connectivity index (χ2v) is 7.44. The molecule has 2 aromatic carbocycles. The summed E-state index contributed by atoms with van der Waals surface area (Å²) in [6.45, 7) is 0.0869. The number of fused-ring (bicyclic) bond motifs is 1. The number of hydrogen-bond acceptors (Lipinski definition) is 4. The fraction of sp³-hybridized carbons (Fsp3) is 0.125. The summed E-state index contributed by atoms with van der Waals surface area (Å²) in [4.78, 5) is 28.5. The molecule has 0 radical (unpaired) electrons. The van der Waals surface area contributed by atoms with E-state index in [1.165, 1.54) is 7.05 Å². The first-order chi connectivity index (χ1) is 16.2. The van der Waals surface area contributed by atoms with E-state index in [-0.39, 0.29) is 6.54 Å². The number of benzene rings is 2. The van der Waals surface area contributed by atoms with Crippen molar-refractivity contribution in [3.63, 3.8) is 0 Å². The third-order valence-corrected chi connectivity index (χ3v) is 4.97. The third kappa shape index (κ3) is 5.17. The molecule has 2 aromatic heterocycles. The first kappa shape index (κ1) is 22.8. The monoisotopic (exact) mass is 468 g/mol. The third-order valence-electron chi connectivity index (χ3n) is 4.97. The normalized spacial score (nSPS) is 11.3. The summed E-state index contributed by atoms with van der Waals surface area (Å²) < 4.78 is 45.6. The Morgan fingerprint density at radius 2 is 1.82 bits per heavy atom. The number of nitrogens with zero attached hydrogens (tertiary/aromatic N) is 2. The Labute approximate surface area is 191 Å². The lowest BCUT2D eigenvalue weighted by molar-refractivity contribution is -0.138. The number of urea groups is 1. The van der Waals surface area contributed by atoms with Gasteiger partial charge in [-0.05, 0) is 42.0 Å². The number of halogens is 3. The van der Waals surface area contributed by atoms with Crippen LogP contribution in [-0.2, 0) is 19.8 Å². The number of carbonyl (C=O) groups excluding carboxylic acids is 1. The first-order valence-corrected chi connectivity index (χ1v) is 10.1. The fourth-order valence-corrected chi connectivity index (χ4v) is 3.27. The quantitative estimate of drug-likeness (QED) is 0.429. The van der Waals surface area contributed by atoms with E-state index in [1.807, 2.05) is 24.3 Å². The van der Waals surface area contributed by atoms with Crippen molar-refractivity contribution in [3.05, 3.63) is 94.5 Å². The van der Waals surface area contributed by atoms with Crippen molar-refractivity contribution < 1.29 is 22.7 Å². The Kier molecular flexibility index (Phi) is 6.22. The van der Waals surface area contributed by atoms with Crippen LogP contribution < -0.4 is 20.9 Å². The SMILES string of the molecule is Cn1cc(C(F)(F)F)cc(NC(=O)NCc2ccc(Oc3ccnc4ccccc34)cc2)c1=O. The highest BCUT2D eigenvalue weighted by molar-refractivity contribution is 5.89. The van der Waals surface area contributed by atoms with Crippen molar-refractivity contribution in [2.75, 3.05) is 5.32 Å². The van der Waals surface area contributed by atoms with Gasteiger partial charge in [-0.15, -0.1) is 0 Å². The maximum atomic E-state index is 13.0. The standard InChI is InChI=1S/C24H19F3N4O3/c1-31-14-16(24(25,26)27)12-20(22(31)32)30-23(33)29-13-15-6-8-17(9-7-15)34-21-10-11-28-19-5-3-2-4-18(19)21/h2-12,14H,13H2,1H3,(H2,29,30,33). The molecule has 2 N–H and O–H groups in total. The topological polar surface area (TPSA) is 85.2 Å². The molecule has 10 heteroatoms. The van der Waals surface area contributed by atoms with Crippen LogP contribution in [0.15, 0.2) is 77.9 Å². The molecule has 7 nitrogen and oxygen atoms in total. The number of para-hydroxylation sites is 1. The summed E-state index contributed by atoms with van der Waals surface area (Å²) in [5.41, 5.74) is -0.736. The number of anilines is 1. The Balaban J connectivity index is 1.39. The van der Waals surface area contributed by atoms with E-state index in [9.17, 15) is 22.8 Å². The fourth-order valence-electron chi connectivity index (χ4n) is 3.27. The van der Waals surface area contributed by atoms with Gasteiger partial charge in [-0.2, -0.15) is 13.2 Å². The minimum atomic E-state index is -4.65. The van der Waals surface area contributed by atoms with Crippen molar-refractivity contribution in [1.29, 1.82) is 0 Å². The molecule has 0 bridgehead atoms. The van der Waals surface area contributed by atoms with E-state index >= 15 is 0 Å². The van der Waals surface area contributed by atoms with Crippen LogP contribution in [0.5, 0.6) is 11.5 Å². The van der Waals surface area contributed by atoms with Crippen molar-refractivity contribution in [3.8, 4) is 11.5 Å². The molecule has 174 valence electrons. The molecular formula is C24H19F3N4O3. The largest absolute Gasteiger partial charge is 0.457 e. The minimum absolute atomic E-state index is 0.0869. The number of aromatic nitrogens is 2. The molecule has 0 fully saturated rings. The summed E-state index contributed by atoms with van der Waals surface area (Å²) in [7, 11) is 1.18. The maximum Gasteiger partial charge on any atom is 0.417 e. The lowest BCUT2D eigenvalue weighted by atomic mass is 10.2. The Morgan fingerprint density at radius 3 is 2.56 bits per heavy atom. The number of alkyl halides is 3. The average molecular weight is 468 g/mol. The molecular weight excluding hydrogens is 449 g/mol. The van der Waals surface area contributed by atoms with Gasteiger partial charge in [-0.25, -0.2) is 4.79 Å². The number of pyridine rings is 2. The highest BCUT2D eigenvalue weighted by Gasteiger charge is 2.32. The van der Waals surface area contributed by atoms with Gasteiger partial charge >= 0.3 is 12.2 Å². The van der Waals surface area contributed by atoms with Gasteiger partial charge < -0.3 is 19.9 Å². The van der Waals surface area contributed by atoms with Crippen LogP contribution in [0.3, 0.4) is 0 Å². The van der Waals surface area contributed by atoms with Gasteiger partial charge in [0.1, 0.15) is 17.2 Å². The summed E-state index contributed by atoms with van der Waals surface area (Å²) in [5, 5.41) is 5.57. The van der Waals surface area contributed by atoms with E-state index in [0.717, 1.165) is 21.0 Å². The van der Waals surface area contributed by atoms with Gasteiger partial charge in [0.15, 0.2) is 0 Å². The molecule has 0 aliphatic heterocycles. The predicted octanol–water partition coefficient (Wildman–Crippen LogP) is 5.07. The molecule has 0 atom stereocenters. The van der Waals surface area contributed by atoms with Gasteiger partial charge in [-0.3, -0.25) is 9.78 Å². The highest BCUT2D eigenvalue weighted by atomic mass is 19.4. The average Bonchev–Trinajstić information content (AvgIpc) is 2.81. The van der Waals surface area contributed by atoms with E-state index in [0.29, 0.717) is 23.8 Å². The Morgan fingerprint density at radius 1 is 1.09 bits per heavy atom. The van der Waals surface area contributed by atoms with E-state index in [1.54, 1.807) is 36.5 Å². The number of carbonyl (C=O) groups is 1. The highest BCUT2D eigenvalue weighted by Crippen LogP contribution is 2.30. The lowest BCUT2D eigenvalue weighted by Gasteiger charge is -2.13. The van der Waals surface area contributed by atoms with Gasteiger partial charge in [0.2, 0.25) is 0 Å². The van der Waals surface area contributed by atoms with Crippen LogP contribution in [0, 0.1) is 0 Å². The second kappa shape index (κ2) is 9.26. The summed E-state index contributed by atoms with van der Waals surface area (Å²) in [6, 6.07) is 16.1. The molecule has 0 aliphatic rings. The van der Waals surface area contributed by atoms with Crippen LogP contribution in [0.25, 0.3) is 10.9 Å². The van der Waals surface area contributed by atoms with Crippen LogP contribution in [0.1, 0.15) is 11.1 Å². The van der Waals surface area contributed by atoms with Crippen molar-refractivity contribution in [2.24, 2.45) is 7.05 Å². The second-order valence-electron chi connectivity index (χ2n) is 7.44. The predicted molar refractivity (Wildman–Crippen MR) is 121 cm³/mol. The molecule has 2 heterocycles. The molecule has 34 heavy (non-hydrogen) atoms. The summed E-state index contributed by atoms with van der Waals surface area (Å²) >= 11 is 0. The summed E-state index contributed by atoms with van der Waals surface area (Å²) in [6.07, 6.45) is -2.32. The molecule has 0 spiro atoms. The van der Waals surface area contributed by atoms with E-state index < -0.39 is 29.0 Å². The number of hydrogen-bond donors (Lipinski definition) is 2. The van der Waals surface area contributed by atoms with Gasteiger partial charge in [0, 0.05) is 31.4 Å². The van der Waals surface area contributed by atoms with E-state index in [4.69, 9.17) is 4.74 Å². The summed E-state index contributed by atoms with van der Waals surface area (Å²) in [5.74, 6) is 1.23. The van der Waals surface area contributed by atoms with Crippen LogP contribution in [0.2, 0.25) is 0 Å². The number of nitrogens with one attached hydrogen (secondary N) is 2. The zero-order valence-electron chi connectivity index (χ0n) is 17.9. The zero-order chi connectivity index (χ0) is 24.3. The smallest absolute Gasteiger partial charge is 0.417 e. The molecule has 0 aliphatic carbocycles. The lowest BCUT2D eigenvalue weighted by Crippen LogP contribution is -2.32. The molecule has 0 unspecified atom stereocenters. The number of aryl methyl sites for hydroxylation is 1. The number of amides is 2. The number of ether oxygens (including phenoxy) is 1. The van der Waals surface area contributed by atoms with Gasteiger partial charge in [0.25, 0.3) is 5.56 Å². The van der Waals surface area contributed by atoms with Gasteiger partial charge in [-0.1, -0.05) is 24.3 Å². The maximum absolute atomic E-state index is 13.0. The van der Waals surface area contributed by atoms with Crippen molar-refractivity contribution >= 4 is 22.6 Å². The number of rotatable bonds is 5. The van der Waals surface area contributed by atoms with E-state index in [2.05, 4.69) is 15.6 Å². The molecule has 0 saturated heterocycles.